The number of carbonyl (C=O) groups excluding carboxylic acids is 1. The van der Waals surface area contributed by atoms with Crippen molar-refractivity contribution < 1.29 is 23.5 Å². The highest BCUT2D eigenvalue weighted by Crippen LogP contribution is 2.22. The molecule has 1 aromatic carbocycles. The lowest BCUT2D eigenvalue weighted by Gasteiger charge is -2.24. The van der Waals surface area contributed by atoms with Crippen LogP contribution in [0, 0.1) is 11.7 Å². The van der Waals surface area contributed by atoms with E-state index in [2.05, 4.69) is 0 Å². The van der Waals surface area contributed by atoms with E-state index in [0.717, 1.165) is 4.90 Å². The Balaban J connectivity index is 2.37. The number of halogens is 1. The highest BCUT2D eigenvalue weighted by molar-refractivity contribution is 6.04. The molecule has 110 valence electrons. The molecule has 0 bridgehead atoms. The first-order chi connectivity index (χ1) is 10.0. The Kier molecular flexibility index (Phi) is 4.37. The molecule has 1 atom stereocenters. The minimum absolute atomic E-state index is 0.0204. The Hall–Kier alpha value is -2.63. The molecule has 0 aliphatic rings. The molecule has 1 N–H and O–H groups in total. The van der Waals surface area contributed by atoms with Gasteiger partial charge in [-0.2, -0.15) is 0 Å². The molecule has 0 saturated heterocycles. The first-order valence-electron chi connectivity index (χ1n) is 6.33. The summed E-state index contributed by atoms with van der Waals surface area (Å²) in [6, 6.07) is 8.68. The van der Waals surface area contributed by atoms with Crippen molar-refractivity contribution in [3.8, 4) is 0 Å². The molecule has 2 rings (SSSR count). The quantitative estimate of drug-likeness (QED) is 0.919. The summed E-state index contributed by atoms with van der Waals surface area (Å²) >= 11 is 0. The van der Waals surface area contributed by atoms with Gasteiger partial charge in [0, 0.05) is 6.54 Å². The van der Waals surface area contributed by atoms with Gasteiger partial charge in [0.15, 0.2) is 5.76 Å². The third-order valence-corrected chi connectivity index (χ3v) is 3.00. The molecule has 6 heteroatoms. The van der Waals surface area contributed by atoms with Crippen LogP contribution in [0.2, 0.25) is 0 Å². The van der Waals surface area contributed by atoms with Gasteiger partial charge in [-0.15, -0.1) is 0 Å². The number of benzene rings is 1. The molecule has 0 radical (unpaired) electrons. The van der Waals surface area contributed by atoms with Gasteiger partial charge in [-0.05, 0) is 24.3 Å². The molecule has 0 aliphatic carbocycles. The monoisotopic (exact) mass is 291 g/mol. The standard InChI is InChI=1S/C15H14FNO4/c1-10(15(19)20)9-17(12-6-3-2-5-11(12)16)14(18)13-7-4-8-21-13/h2-8,10H,9H2,1H3,(H,19,20). The van der Waals surface area contributed by atoms with E-state index in [1.807, 2.05) is 0 Å². The molecule has 1 aromatic heterocycles. The van der Waals surface area contributed by atoms with Crippen LogP contribution in [0.15, 0.2) is 47.1 Å². The van der Waals surface area contributed by atoms with Crippen LogP contribution in [0.4, 0.5) is 10.1 Å². The average molecular weight is 291 g/mol. The number of amides is 1. The van der Waals surface area contributed by atoms with Crippen molar-refractivity contribution in [3.05, 3.63) is 54.2 Å². The summed E-state index contributed by atoms with van der Waals surface area (Å²) in [5.41, 5.74) is 0.0204. The summed E-state index contributed by atoms with van der Waals surface area (Å²) in [7, 11) is 0. The minimum atomic E-state index is -1.07. The second kappa shape index (κ2) is 6.21. The number of carbonyl (C=O) groups is 2. The Morgan fingerprint density at radius 2 is 2.00 bits per heavy atom. The van der Waals surface area contributed by atoms with Gasteiger partial charge in [-0.25, -0.2) is 4.39 Å². The number of aliphatic carboxylic acids is 1. The van der Waals surface area contributed by atoms with Gasteiger partial charge in [-0.3, -0.25) is 9.59 Å². The van der Waals surface area contributed by atoms with Crippen LogP contribution in [-0.4, -0.2) is 23.5 Å². The summed E-state index contributed by atoms with van der Waals surface area (Å²) in [5.74, 6) is -3.07. The number of hydrogen-bond donors (Lipinski definition) is 1. The number of para-hydroxylation sites is 1. The van der Waals surface area contributed by atoms with Gasteiger partial charge in [0.05, 0.1) is 17.9 Å². The topological polar surface area (TPSA) is 70.8 Å². The number of furan rings is 1. The fraction of sp³-hybridized carbons (Fsp3) is 0.200. The molecular weight excluding hydrogens is 277 g/mol. The lowest BCUT2D eigenvalue weighted by Crippen LogP contribution is -2.37. The van der Waals surface area contributed by atoms with Gasteiger partial charge in [0.25, 0.3) is 5.91 Å². The molecule has 0 fully saturated rings. The number of hydrogen-bond acceptors (Lipinski definition) is 3. The Bertz CT molecular complexity index is 639. The summed E-state index contributed by atoms with van der Waals surface area (Å²) in [6.45, 7) is 1.29. The second-order valence-electron chi connectivity index (χ2n) is 4.58. The van der Waals surface area contributed by atoms with E-state index >= 15 is 0 Å². The minimum Gasteiger partial charge on any atom is -0.481 e. The van der Waals surface area contributed by atoms with Crippen molar-refractivity contribution in [2.45, 2.75) is 6.92 Å². The predicted molar refractivity (Wildman–Crippen MR) is 73.6 cm³/mol. The van der Waals surface area contributed by atoms with Crippen molar-refractivity contribution in [1.29, 1.82) is 0 Å². The van der Waals surface area contributed by atoms with Gasteiger partial charge < -0.3 is 14.4 Å². The van der Waals surface area contributed by atoms with Gasteiger partial charge >= 0.3 is 5.97 Å². The largest absolute Gasteiger partial charge is 0.481 e. The third-order valence-electron chi connectivity index (χ3n) is 3.00. The fourth-order valence-electron chi connectivity index (χ4n) is 1.85. The van der Waals surface area contributed by atoms with Crippen molar-refractivity contribution in [1.82, 2.24) is 0 Å². The van der Waals surface area contributed by atoms with Crippen LogP contribution in [0.5, 0.6) is 0 Å². The van der Waals surface area contributed by atoms with Crippen molar-refractivity contribution in [2.75, 3.05) is 11.4 Å². The zero-order valence-electron chi connectivity index (χ0n) is 11.3. The lowest BCUT2D eigenvalue weighted by atomic mass is 10.1. The zero-order valence-corrected chi connectivity index (χ0v) is 11.3. The van der Waals surface area contributed by atoms with Gasteiger partial charge in [0.1, 0.15) is 5.82 Å². The number of carboxylic acid groups (broad SMARTS) is 1. The molecule has 1 unspecified atom stereocenters. The van der Waals surface area contributed by atoms with Crippen LogP contribution >= 0.6 is 0 Å². The highest BCUT2D eigenvalue weighted by Gasteiger charge is 2.26. The lowest BCUT2D eigenvalue weighted by molar-refractivity contribution is -0.140. The predicted octanol–water partition coefficient (Wildman–Crippen LogP) is 2.79. The molecule has 0 aliphatic heterocycles. The second-order valence-corrected chi connectivity index (χ2v) is 4.58. The van der Waals surface area contributed by atoms with E-state index in [1.54, 1.807) is 6.07 Å². The number of rotatable bonds is 5. The van der Waals surface area contributed by atoms with Gasteiger partial charge in [-0.1, -0.05) is 19.1 Å². The molecule has 0 spiro atoms. The van der Waals surface area contributed by atoms with E-state index in [-0.39, 0.29) is 18.0 Å². The number of nitrogens with zero attached hydrogens (tertiary/aromatic N) is 1. The molecule has 2 aromatic rings. The fourth-order valence-corrected chi connectivity index (χ4v) is 1.85. The van der Waals surface area contributed by atoms with E-state index in [9.17, 15) is 14.0 Å². The smallest absolute Gasteiger partial charge is 0.308 e. The molecule has 0 saturated carbocycles. The maximum atomic E-state index is 13.9. The normalized spacial score (nSPS) is 11.9. The Morgan fingerprint density at radius 3 is 2.57 bits per heavy atom. The summed E-state index contributed by atoms with van der Waals surface area (Å²) < 4.78 is 18.9. The first-order valence-corrected chi connectivity index (χ1v) is 6.33. The van der Waals surface area contributed by atoms with Gasteiger partial charge in [0.2, 0.25) is 0 Å². The van der Waals surface area contributed by atoms with Crippen molar-refractivity contribution in [2.24, 2.45) is 5.92 Å². The van der Waals surface area contributed by atoms with Crippen molar-refractivity contribution in [3.63, 3.8) is 0 Å². The van der Waals surface area contributed by atoms with Crippen LogP contribution in [0.1, 0.15) is 17.5 Å². The maximum absolute atomic E-state index is 13.9. The third kappa shape index (κ3) is 3.28. The zero-order chi connectivity index (χ0) is 15.4. The summed E-state index contributed by atoms with van der Waals surface area (Å²) in [5, 5.41) is 9.00. The van der Waals surface area contributed by atoms with Crippen LogP contribution < -0.4 is 4.90 Å². The van der Waals surface area contributed by atoms with E-state index in [1.165, 1.54) is 43.5 Å². The average Bonchev–Trinajstić information content (AvgIpc) is 2.98. The van der Waals surface area contributed by atoms with E-state index in [4.69, 9.17) is 9.52 Å². The molecule has 5 nitrogen and oxygen atoms in total. The first kappa shape index (κ1) is 14.8. The Labute approximate surface area is 120 Å². The molecule has 1 heterocycles. The van der Waals surface area contributed by atoms with Crippen LogP contribution in [0.3, 0.4) is 0 Å². The van der Waals surface area contributed by atoms with Crippen LogP contribution in [-0.2, 0) is 4.79 Å². The van der Waals surface area contributed by atoms with E-state index < -0.39 is 23.6 Å². The molecule has 1 amide bonds. The molecular formula is C15H14FNO4. The Morgan fingerprint density at radius 1 is 1.29 bits per heavy atom. The molecule has 21 heavy (non-hydrogen) atoms. The number of anilines is 1. The maximum Gasteiger partial charge on any atom is 0.308 e. The summed E-state index contributed by atoms with van der Waals surface area (Å²) in [6.07, 6.45) is 1.33. The SMILES string of the molecule is CC(CN(C(=O)c1ccco1)c1ccccc1F)C(=O)O. The number of carboxylic acids is 1. The van der Waals surface area contributed by atoms with Crippen molar-refractivity contribution >= 4 is 17.6 Å². The highest BCUT2D eigenvalue weighted by atomic mass is 19.1. The van der Waals surface area contributed by atoms with Crippen LogP contribution in [0.25, 0.3) is 0 Å². The summed E-state index contributed by atoms with van der Waals surface area (Å²) in [4.78, 5) is 24.5. The van der Waals surface area contributed by atoms with E-state index in [0.29, 0.717) is 0 Å².